The van der Waals surface area contributed by atoms with Crippen LogP contribution in [0.15, 0.2) is 53.7 Å². The topological polar surface area (TPSA) is 62.7 Å². The third-order valence-electron chi connectivity index (χ3n) is 2.94. The first-order valence-electron chi connectivity index (χ1n) is 6.14. The Labute approximate surface area is 127 Å². The number of aromatic nitrogens is 1. The number of rotatable bonds is 5. The van der Waals surface area contributed by atoms with Gasteiger partial charge in [-0.1, -0.05) is 41.9 Å². The molecule has 0 aliphatic carbocycles. The van der Waals surface area contributed by atoms with Gasteiger partial charge in [0.2, 0.25) is 0 Å². The van der Waals surface area contributed by atoms with Gasteiger partial charge >= 0.3 is 0 Å². The summed E-state index contributed by atoms with van der Waals surface area (Å²) in [5.41, 5.74) is 6.07. The lowest BCUT2D eigenvalue weighted by Gasteiger charge is -2.21. The fraction of sp³-hybridized carbons (Fsp3) is 0.200. The summed E-state index contributed by atoms with van der Waals surface area (Å²) in [5.74, 6) is 0.716. The first-order valence-corrected chi connectivity index (χ1v) is 7.50. The lowest BCUT2D eigenvalue weighted by atomic mass is 9.90. The Hall–Kier alpha value is -1.54. The fourth-order valence-electron chi connectivity index (χ4n) is 1.76. The van der Waals surface area contributed by atoms with Crippen molar-refractivity contribution in [2.75, 3.05) is 5.75 Å². The Morgan fingerprint density at radius 1 is 1.25 bits per heavy atom. The fourth-order valence-corrected chi connectivity index (χ4v) is 2.80. The van der Waals surface area contributed by atoms with Crippen LogP contribution in [0, 0.1) is 11.3 Å². The molecule has 1 unspecified atom stereocenters. The zero-order chi connectivity index (χ0) is 14.4. The van der Waals surface area contributed by atoms with Crippen molar-refractivity contribution < 1.29 is 0 Å². The normalized spacial score (nSPS) is 13.4. The number of thioether (sulfide) groups is 1. The second-order valence-corrected chi connectivity index (χ2v) is 5.91. The molecule has 0 aliphatic heterocycles. The molecule has 3 nitrogen and oxygen atoms in total. The second-order valence-electron chi connectivity index (χ2n) is 4.36. The highest BCUT2D eigenvalue weighted by Crippen LogP contribution is 2.26. The van der Waals surface area contributed by atoms with Crippen LogP contribution in [0.4, 0.5) is 0 Å². The zero-order valence-electron chi connectivity index (χ0n) is 10.8. The predicted molar refractivity (Wildman–Crippen MR) is 82.5 cm³/mol. The molecule has 1 aromatic carbocycles. The highest BCUT2D eigenvalue weighted by atomic mass is 35.5. The number of halogens is 1. The van der Waals surface area contributed by atoms with Crippen LogP contribution in [0.3, 0.4) is 0 Å². The monoisotopic (exact) mass is 303 g/mol. The average Bonchev–Trinajstić information content (AvgIpc) is 2.50. The van der Waals surface area contributed by atoms with E-state index in [-0.39, 0.29) is 0 Å². The number of hydrogen-bond donors (Lipinski definition) is 1. The molecule has 0 spiro atoms. The Balaban J connectivity index is 1.98. The molecular formula is C15H14ClN3S. The molecule has 0 saturated heterocycles. The van der Waals surface area contributed by atoms with Gasteiger partial charge in [0.25, 0.3) is 0 Å². The summed E-state index contributed by atoms with van der Waals surface area (Å²) in [6.07, 6.45) is 2.17. The summed E-state index contributed by atoms with van der Waals surface area (Å²) >= 11 is 7.35. The van der Waals surface area contributed by atoms with Crippen LogP contribution in [0.1, 0.15) is 12.0 Å². The molecule has 102 valence electrons. The summed E-state index contributed by atoms with van der Waals surface area (Å²) < 4.78 is 0. The summed E-state index contributed by atoms with van der Waals surface area (Å²) in [6, 6.07) is 15.3. The summed E-state index contributed by atoms with van der Waals surface area (Å²) in [6.45, 7) is 0. The van der Waals surface area contributed by atoms with Crippen molar-refractivity contribution in [3.05, 3.63) is 59.2 Å². The first kappa shape index (κ1) is 14.9. The Bertz CT molecular complexity index is 595. The maximum atomic E-state index is 9.35. The molecule has 1 atom stereocenters. The van der Waals surface area contributed by atoms with Gasteiger partial charge in [0.05, 0.1) is 16.1 Å². The molecule has 0 aliphatic rings. The lowest BCUT2D eigenvalue weighted by Crippen LogP contribution is -2.35. The minimum absolute atomic E-state index is 0.558. The molecule has 0 bridgehead atoms. The van der Waals surface area contributed by atoms with E-state index in [0.717, 1.165) is 10.6 Å². The van der Waals surface area contributed by atoms with E-state index in [4.69, 9.17) is 17.3 Å². The number of nitrogens with zero attached hydrogens (tertiary/aromatic N) is 2. The summed E-state index contributed by atoms with van der Waals surface area (Å²) in [7, 11) is 0. The van der Waals surface area contributed by atoms with Gasteiger partial charge in [0.15, 0.2) is 0 Å². The average molecular weight is 304 g/mol. The van der Waals surface area contributed by atoms with Crippen molar-refractivity contribution in [2.24, 2.45) is 5.73 Å². The van der Waals surface area contributed by atoms with Crippen LogP contribution in [0.5, 0.6) is 0 Å². The van der Waals surface area contributed by atoms with Crippen LogP contribution >= 0.6 is 23.4 Å². The van der Waals surface area contributed by atoms with Gasteiger partial charge in [-0.05, 0) is 24.1 Å². The molecule has 20 heavy (non-hydrogen) atoms. The van der Waals surface area contributed by atoms with Gasteiger partial charge in [-0.2, -0.15) is 5.26 Å². The van der Waals surface area contributed by atoms with E-state index >= 15 is 0 Å². The molecule has 2 N–H and O–H groups in total. The summed E-state index contributed by atoms with van der Waals surface area (Å²) in [5, 5.41) is 10.8. The Morgan fingerprint density at radius 2 is 2.00 bits per heavy atom. The van der Waals surface area contributed by atoms with Crippen molar-refractivity contribution >= 4 is 23.4 Å². The molecule has 5 heteroatoms. The molecule has 0 saturated carbocycles. The molecule has 0 fully saturated rings. The number of nitrogens with two attached hydrogens (primary N) is 1. The molecule has 0 radical (unpaired) electrons. The second kappa shape index (κ2) is 6.76. The molecule has 2 aromatic rings. The van der Waals surface area contributed by atoms with Gasteiger partial charge in [0.1, 0.15) is 5.54 Å². The van der Waals surface area contributed by atoms with E-state index < -0.39 is 5.54 Å². The minimum atomic E-state index is -0.958. The SMILES string of the molecule is N#CC(N)(CCSc1ccc(Cl)cn1)c1ccccc1. The third kappa shape index (κ3) is 3.73. The smallest absolute Gasteiger partial charge is 0.130 e. The number of hydrogen-bond acceptors (Lipinski definition) is 4. The van der Waals surface area contributed by atoms with E-state index in [2.05, 4.69) is 11.1 Å². The molecule has 1 heterocycles. The maximum absolute atomic E-state index is 9.35. The van der Waals surface area contributed by atoms with E-state index in [1.807, 2.05) is 36.4 Å². The van der Waals surface area contributed by atoms with E-state index in [0.29, 0.717) is 17.2 Å². The molecule has 1 aromatic heterocycles. The molecule has 0 amide bonds. The zero-order valence-corrected chi connectivity index (χ0v) is 12.4. The first-order chi connectivity index (χ1) is 9.64. The van der Waals surface area contributed by atoms with Crippen LogP contribution in [0.2, 0.25) is 5.02 Å². The van der Waals surface area contributed by atoms with Crippen LogP contribution < -0.4 is 5.73 Å². The number of nitriles is 1. The van der Waals surface area contributed by atoms with Gasteiger partial charge in [0, 0.05) is 11.9 Å². The Morgan fingerprint density at radius 3 is 2.60 bits per heavy atom. The van der Waals surface area contributed by atoms with Crippen molar-refractivity contribution in [3.8, 4) is 6.07 Å². The summed E-state index contributed by atoms with van der Waals surface area (Å²) in [4.78, 5) is 4.20. The lowest BCUT2D eigenvalue weighted by molar-refractivity contribution is 0.560. The van der Waals surface area contributed by atoms with Gasteiger partial charge in [-0.3, -0.25) is 0 Å². The number of pyridine rings is 1. The molecule has 2 rings (SSSR count). The van der Waals surface area contributed by atoms with Crippen molar-refractivity contribution in [1.82, 2.24) is 4.98 Å². The highest BCUT2D eigenvalue weighted by molar-refractivity contribution is 7.99. The van der Waals surface area contributed by atoms with E-state index in [9.17, 15) is 5.26 Å². The largest absolute Gasteiger partial charge is 0.310 e. The van der Waals surface area contributed by atoms with Gasteiger partial charge in [-0.25, -0.2) is 4.98 Å². The van der Waals surface area contributed by atoms with Gasteiger partial charge in [-0.15, -0.1) is 11.8 Å². The Kier molecular flexibility index (Phi) is 5.02. The van der Waals surface area contributed by atoms with Crippen LogP contribution in [0.25, 0.3) is 0 Å². The van der Waals surface area contributed by atoms with E-state index in [1.165, 1.54) is 0 Å². The minimum Gasteiger partial charge on any atom is -0.310 e. The van der Waals surface area contributed by atoms with Crippen LogP contribution in [-0.2, 0) is 5.54 Å². The quantitative estimate of drug-likeness (QED) is 0.857. The molecular weight excluding hydrogens is 290 g/mol. The highest BCUT2D eigenvalue weighted by Gasteiger charge is 2.26. The van der Waals surface area contributed by atoms with Crippen molar-refractivity contribution in [2.45, 2.75) is 17.0 Å². The third-order valence-corrected chi connectivity index (χ3v) is 4.10. The van der Waals surface area contributed by atoms with Gasteiger partial charge < -0.3 is 5.73 Å². The van der Waals surface area contributed by atoms with Crippen molar-refractivity contribution in [1.29, 1.82) is 5.26 Å². The van der Waals surface area contributed by atoms with Crippen LogP contribution in [-0.4, -0.2) is 10.7 Å². The number of benzene rings is 1. The van der Waals surface area contributed by atoms with Crippen molar-refractivity contribution in [3.63, 3.8) is 0 Å². The van der Waals surface area contributed by atoms with E-state index in [1.54, 1.807) is 24.0 Å². The predicted octanol–water partition coefficient (Wildman–Crippen LogP) is 3.59. The standard InChI is InChI=1S/C15H14ClN3S/c16-13-6-7-14(19-10-13)20-9-8-15(18,11-17)12-4-2-1-3-5-12/h1-7,10H,8-9,18H2. The maximum Gasteiger partial charge on any atom is 0.130 e.